The van der Waals surface area contributed by atoms with Gasteiger partial charge in [0.15, 0.2) is 0 Å². The molecule has 1 aliphatic rings. The van der Waals surface area contributed by atoms with Gasteiger partial charge in [0.25, 0.3) is 0 Å². The standard InChI is InChI=1S/C17H35NO/c1-5-11-15(4)14-16(18-6-2)17(19-7-3)12-9-8-10-13-17/h15-16,18H,5-14H2,1-4H3. The number of hydrogen-bond donors (Lipinski definition) is 1. The fraction of sp³-hybridized carbons (Fsp3) is 1.00. The van der Waals surface area contributed by atoms with Gasteiger partial charge in [0.2, 0.25) is 0 Å². The van der Waals surface area contributed by atoms with Crippen molar-refractivity contribution in [2.75, 3.05) is 13.2 Å². The first-order chi connectivity index (χ1) is 9.18. The Morgan fingerprint density at radius 1 is 1.11 bits per heavy atom. The van der Waals surface area contributed by atoms with Crippen LogP contribution in [0.5, 0.6) is 0 Å². The lowest BCUT2D eigenvalue weighted by molar-refractivity contribution is -0.0938. The molecular weight excluding hydrogens is 234 g/mol. The second-order valence-corrected chi connectivity index (χ2v) is 6.30. The highest BCUT2D eigenvalue weighted by Gasteiger charge is 2.40. The molecule has 0 aromatic carbocycles. The topological polar surface area (TPSA) is 21.3 Å². The van der Waals surface area contributed by atoms with Crippen molar-refractivity contribution in [1.82, 2.24) is 5.32 Å². The molecule has 1 fully saturated rings. The first-order valence-corrected chi connectivity index (χ1v) is 8.55. The van der Waals surface area contributed by atoms with E-state index >= 15 is 0 Å². The first kappa shape index (κ1) is 17.0. The van der Waals surface area contributed by atoms with Crippen LogP contribution in [0, 0.1) is 5.92 Å². The van der Waals surface area contributed by atoms with Gasteiger partial charge in [-0.1, -0.05) is 52.9 Å². The van der Waals surface area contributed by atoms with Crippen molar-refractivity contribution in [2.45, 2.75) is 90.7 Å². The maximum Gasteiger partial charge on any atom is 0.0834 e. The van der Waals surface area contributed by atoms with E-state index in [0.29, 0.717) is 6.04 Å². The molecule has 1 aliphatic carbocycles. The van der Waals surface area contributed by atoms with Gasteiger partial charge in [-0.3, -0.25) is 0 Å². The molecule has 0 aromatic rings. The molecule has 19 heavy (non-hydrogen) atoms. The predicted molar refractivity (Wildman–Crippen MR) is 83.6 cm³/mol. The summed E-state index contributed by atoms with van der Waals surface area (Å²) in [4.78, 5) is 0. The van der Waals surface area contributed by atoms with E-state index in [1.807, 2.05) is 0 Å². The molecule has 2 unspecified atom stereocenters. The van der Waals surface area contributed by atoms with Gasteiger partial charge < -0.3 is 10.1 Å². The maximum absolute atomic E-state index is 6.30. The quantitative estimate of drug-likeness (QED) is 0.664. The van der Waals surface area contributed by atoms with Gasteiger partial charge in [0, 0.05) is 12.6 Å². The predicted octanol–water partition coefficient (Wildman–Crippen LogP) is 4.53. The van der Waals surface area contributed by atoms with Crippen molar-refractivity contribution in [3.63, 3.8) is 0 Å². The van der Waals surface area contributed by atoms with Gasteiger partial charge in [-0.25, -0.2) is 0 Å². The zero-order valence-corrected chi connectivity index (χ0v) is 13.6. The van der Waals surface area contributed by atoms with Crippen molar-refractivity contribution in [3.8, 4) is 0 Å². The molecule has 2 atom stereocenters. The van der Waals surface area contributed by atoms with E-state index in [-0.39, 0.29) is 5.60 Å². The van der Waals surface area contributed by atoms with Gasteiger partial charge in [0.1, 0.15) is 0 Å². The third-order valence-corrected chi connectivity index (χ3v) is 4.64. The summed E-state index contributed by atoms with van der Waals surface area (Å²) >= 11 is 0. The highest BCUT2D eigenvalue weighted by molar-refractivity contribution is 4.96. The van der Waals surface area contributed by atoms with E-state index in [4.69, 9.17) is 4.74 Å². The molecule has 0 spiro atoms. The molecule has 2 heteroatoms. The average Bonchev–Trinajstić information content (AvgIpc) is 2.40. The summed E-state index contributed by atoms with van der Waals surface area (Å²) in [6.07, 6.45) is 10.5. The van der Waals surface area contributed by atoms with E-state index < -0.39 is 0 Å². The summed E-state index contributed by atoms with van der Waals surface area (Å²) in [6.45, 7) is 11.0. The third-order valence-electron chi connectivity index (χ3n) is 4.64. The SMILES string of the molecule is CCCC(C)CC(NCC)C1(OCC)CCCCC1. The van der Waals surface area contributed by atoms with Crippen LogP contribution >= 0.6 is 0 Å². The molecule has 0 saturated heterocycles. The molecule has 0 heterocycles. The molecule has 1 rings (SSSR count). The molecule has 114 valence electrons. The van der Waals surface area contributed by atoms with Gasteiger partial charge >= 0.3 is 0 Å². The second kappa shape index (κ2) is 8.97. The Morgan fingerprint density at radius 2 is 1.79 bits per heavy atom. The minimum Gasteiger partial charge on any atom is -0.374 e. The Balaban J connectivity index is 2.72. The minimum atomic E-state index is 0.116. The Labute approximate surface area is 120 Å². The van der Waals surface area contributed by atoms with Crippen LogP contribution in [0.3, 0.4) is 0 Å². The monoisotopic (exact) mass is 269 g/mol. The number of ether oxygens (including phenoxy) is 1. The van der Waals surface area contributed by atoms with Crippen LogP contribution in [0.4, 0.5) is 0 Å². The molecular formula is C17H35NO. The molecule has 0 bridgehead atoms. The van der Waals surface area contributed by atoms with Crippen LogP contribution in [-0.4, -0.2) is 24.8 Å². The van der Waals surface area contributed by atoms with Gasteiger partial charge in [-0.2, -0.15) is 0 Å². The zero-order chi connectivity index (χ0) is 14.1. The van der Waals surface area contributed by atoms with Crippen LogP contribution in [0.25, 0.3) is 0 Å². The molecule has 0 amide bonds. The van der Waals surface area contributed by atoms with Gasteiger partial charge in [0.05, 0.1) is 5.60 Å². The van der Waals surface area contributed by atoms with E-state index in [0.717, 1.165) is 19.1 Å². The summed E-state index contributed by atoms with van der Waals surface area (Å²) < 4.78 is 6.30. The highest BCUT2D eigenvalue weighted by atomic mass is 16.5. The van der Waals surface area contributed by atoms with Gasteiger partial charge in [-0.05, 0) is 38.6 Å². The lowest BCUT2D eigenvalue weighted by atomic mass is 9.76. The van der Waals surface area contributed by atoms with Crippen molar-refractivity contribution < 1.29 is 4.74 Å². The summed E-state index contributed by atoms with van der Waals surface area (Å²) in [5.41, 5.74) is 0.116. The Morgan fingerprint density at radius 3 is 2.32 bits per heavy atom. The number of likely N-dealkylation sites (N-methyl/N-ethyl adjacent to an activating group) is 1. The molecule has 0 radical (unpaired) electrons. The van der Waals surface area contributed by atoms with E-state index in [1.54, 1.807) is 0 Å². The van der Waals surface area contributed by atoms with Crippen molar-refractivity contribution in [2.24, 2.45) is 5.92 Å². The van der Waals surface area contributed by atoms with E-state index in [9.17, 15) is 0 Å². The van der Waals surface area contributed by atoms with Crippen LogP contribution in [-0.2, 0) is 4.74 Å². The van der Waals surface area contributed by atoms with Crippen LogP contribution in [0.15, 0.2) is 0 Å². The third kappa shape index (κ3) is 5.07. The highest BCUT2D eigenvalue weighted by Crippen LogP contribution is 2.37. The number of rotatable bonds is 9. The smallest absolute Gasteiger partial charge is 0.0834 e. The number of hydrogen-bond acceptors (Lipinski definition) is 2. The minimum absolute atomic E-state index is 0.116. The average molecular weight is 269 g/mol. The lowest BCUT2D eigenvalue weighted by Gasteiger charge is -2.44. The molecule has 1 saturated carbocycles. The second-order valence-electron chi connectivity index (χ2n) is 6.30. The number of nitrogens with one attached hydrogen (secondary N) is 1. The Hall–Kier alpha value is -0.0800. The Bertz CT molecular complexity index is 218. The van der Waals surface area contributed by atoms with E-state index in [1.165, 1.54) is 51.4 Å². The Kier molecular flexibility index (Phi) is 8.01. The molecule has 2 nitrogen and oxygen atoms in total. The zero-order valence-electron chi connectivity index (χ0n) is 13.6. The van der Waals surface area contributed by atoms with Crippen molar-refractivity contribution in [1.29, 1.82) is 0 Å². The first-order valence-electron chi connectivity index (χ1n) is 8.55. The van der Waals surface area contributed by atoms with Crippen LogP contribution < -0.4 is 5.32 Å². The summed E-state index contributed by atoms with van der Waals surface area (Å²) in [5.74, 6) is 0.799. The normalized spacial score (nSPS) is 22.1. The van der Waals surface area contributed by atoms with E-state index in [2.05, 4.69) is 33.0 Å². The summed E-state index contributed by atoms with van der Waals surface area (Å²) in [7, 11) is 0. The van der Waals surface area contributed by atoms with Crippen molar-refractivity contribution >= 4 is 0 Å². The molecule has 0 aromatic heterocycles. The van der Waals surface area contributed by atoms with Crippen LogP contribution in [0.1, 0.15) is 79.1 Å². The maximum atomic E-state index is 6.30. The fourth-order valence-electron chi connectivity index (χ4n) is 3.77. The molecule has 0 aliphatic heterocycles. The molecule has 1 N–H and O–H groups in total. The largest absolute Gasteiger partial charge is 0.374 e. The summed E-state index contributed by atoms with van der Waals surface area (Å²) in [6, 6.07) is 0.541. The van der Waals surface area contributed by atoms with Gasteiger partial charge in [-0.15, -0.1) is 0 Å². The lowest BCUT2D eigenvalue weighted by Crippen LogP contribution is -2.54. The van der Waals surface area contributed by atoms with Crippen molar-refractivity contribution in [3.05, 3.63) is 0 Å². The summed E-state index contributed by atoms with van der Waals surface area (Å²) in [5, 5.41) is 3.74. The van der Waals surface area contributed by atoms with Crippen LogP contribution in [0.2, 0.25) is 0 Å². The fourth-order valence-corrected chi connectivity index (χ4v) is 3.77.